The van der Waals surface area contributed by atoms with Crippen LogP contribution in [0, 0.1) is 5.82 Å². The molecule has 5 rings (SSSR count). The van der Waals surface area contributed by atoms with Gasteiger partial charge in [-0.05, 0) is 67.1 Å². The SMILES string of the molecule is CC(=O)Nc1ccc2c(c1)CC[C@@]21OC(=O)N(CC(=O)N(Cc2ccc(F)cc2)[C@@H](C)CNC(=O)CCCCCCCCCCNC(=O)Cc2ccccc2)C1=O. The number of hydrogen-bond acceptors (Lipinski definition) is 7. The normalized spacial score (nSPS) is 16.2. The quantitative estimate of drug-likeness (QED) is 0.107. The predicted molar refractivity (Wildman–Crippen MR) is 213 cm³/mol. The zero-order valence-corrected chi connectivity index (χ0v) is 32.9. The standard InChI is InChI=1S/C44H54FN5O7/c1-31(28-47-39(52)16-12-7-5-3-4-6-8-13-25-46-40(53)26-33-14-10-9-11-15-33)49(29-34-17-19-36(45)20-18-34)41(54)30-50-42(55)44(57-43(50)56)24-23-35-27-37(48-32(2)51)21-22-38(35)44/h9-11,14-15,17-22,27,31H,3-8,12-13,16,23-26,28-30H2,1-2H3,(H,46,53)(H,47,52)(H,48,51)/t31-,44+/m0/s1. The molecule has 1 aliphatic carbocycles. The smallest absolute Gasteiger partial charge is 0.418 e. The van der Waals surface area contributed by atoms with E-state index in [4.69, 9.17) is 4.74 Å². The monoisotopic (exact) mass is 783 g/mol. The van der Waals surface area contributed by atoms with E-state index in [1.807, 2.05) is 30.3 Å². The number of aryl methyl sites for hydroxylation is 1. The Labute approximate surface area is 333 Å². The molecule has 13 heteroatoms. The summed E-state index contributed by atoms with van der Waals surface area (Å²) < 4.78 is 19.4. The highest BCUT2D eigenvalue weighted by molar-refractivity contribution is 6.06. The second kappa shape index (κ2) is 20.5. The van der Waals surface area contributed by atoms with Crippen molar-refractivity contribution < 1.29 is 37.9 Å². The van der Waals surface area contributed by atoms with E-state index < -0.39 is 41.9 Å². The van der Waals surface area contributed by atoms with Gasteiger partial charge >= 0.3 is 6.09 Å². The molecule has 3 aromatic carbocycles. The van der Waals surface area contributed by atoms with Gasteiger partial charge in [0.1, 0.15) is 12.4 Å². The van der Waals surface area contributed by atoms with E-state index in [0.29, 0.717) is 42.6 Å². The van der Waals surface area contributed by atoms with Crippen molar-refractivity contribution >= 4 is 41.3 Å². The van der Waals surface area contributed by atoms with Crippen molar-refractivity contribution in [3.63, 3.8) is 0 Å². The Balaban J connectivity index is 1.04. The molecular weight excluding hydrogens is 730 g/mol. The largest absolute Gasteiger partial charge is 0.427 e. The lowest BCUT2D eigenvalue weighted by atomic mass is 9.94. The van der Waals surface area contributed by atoms with Gasteiger partial charge in [0.15, 0.2) is 0 Å². The van der Waals surface area contributed by atoms with Gasteiger partial charge in [-0.2, -0.15) is 0 Å². The van der Waals surface area contributed by atoms with Gasteiger partial charge in [0, 0.05) is 56.7 Å². The lowest BCUT2D eigenvalue weighted by molar-refractivity contribution is -0.143. The van der Waals surface area contributed by atoms with Crippen LogP contribution in [-0.4, -0.2) is 71.1 Å². The van der Waals surface area contributed by atoms with Gasteiger partial charge < -0.3 is 25.6 Å². The summed E-state index contributed by atoms with van der Waals surface area (Å²) in [5.41, 5.74) is 1.96. The first kappa shape index (κ1) is 42.6. The van der Waals surface area contributed by atoms with E-state index in [2.05, 4.69) is 16.0 Å². The molecule has 57 heavy (non-hydrogen) atoms. The molecule has 0 saturated carbocycles. The summed E-state index contributed by atoms with van der Waals surface area (Å²) in [7, 11) is 0. The number of nitrogens with one attached hydrogen (secondary N) is 3. The number of amides is 6. The molecule has 0 aromatic heterocycles. The average molecular weight is 784 g/mol. The maximum absolute atomic E-state index is 13.9. The second-order valence-electron chi connectivity index (χ2n) is 15.0. The molecule has 0 radical (unpaired) electrons. The lowest BCUT2D eigenvalue weighted by Gasteiger charge is -2.31. The Morgan fingerprint density at radius 1 is 0.842 bits per heavy atom. The number of imide groups is 1. The minimum absolute atomic E-state index is 0.0462. The van der Waals surface area contributed by atoms with Crippen molar-refractivity contribution in [1.82, 2.24) is 20.4 Å². The highest BCUT2D eigenvalue weighted by Crippen LogP contribution is 2.46. The topological polar surface area (TPSA) is 154 Å². The van der Waals surface area contributed by atoms with Crippen molar-refractivity contribution in [2.24, 2.45) is 0 Å². The molecule has 1 spiro atoms. The molecule has 304 valence electrons. The molecule has 1 saturated heterocycles. The lowest BCUT2D eigenvalue weighted by Crippen LogP contribution is -2.49. The number of hydrogen-bond donors (Lipinski definition) is 3. The van der Waals surface area contributed by atoms with Crippen LogP contribution in [-0.2, 0) is 53.7 Å². The third kappa shape index (κ3) is 12.0. The summed E-state index contributed by atoms with van der Waals surface area (Å²) >= 11 is 0. The molecule has 0 bridgehead atoms. The molecule has 1 heterocycles. The van der Waals surface area contributed by atoms with E-state index in [9.17, 15) is 33.2 Å². The number of ether oxygens (including phenoxy) is 1. The van der Waals surface area contributed by atoms with Crippen LogP contribution < -0.4 is 16.0 Å². The predicted octanol–water partition coefficient (Wildman–Crippen LogP) is 6.31. The van der Waals surface area contributed by atoms with Gasteiger partial charge in [0.25, 0.3) is 5.91 Å². The summed E-state index contributed by atoms with van der Waals surface area (Å²) in [5.74, 6) is -1.91. The van der Waals surface area contributed by atoms with Crippen LogP contribution in [0.3, 0.4) is 0 Å². The number of benzene rings is 3. The van der Waals surface area contributed by atoms with Gasteiger partial charge in [0.2, 0.25) is 29.2 Å². The van der Waals surface area contributed by atoms with Gasteiger partial charge in [-0.3, -0.25) is 24.0 Å². The number of carbonyl (C=O) groups is 6. The van der Waals surface area contributed by atoms with E-state index >= 15 is 0 Å². The van der Waals surface area contributed by atoms with Crippen LogP contribution in [0.25, 0.3) is 0 Å². The van der Waals surface area contributed by atoms with E-state index in [1.54, 1.807) is 37.3 Å². The van der Waals surface area contributed by atoms with Crippen molar-refractivity contribution in [2.75, 3.05) is 25.0 Å². The number of carbonyl (C=O) groups excluding carboxylic acids is 6. The highest BCUT2D eigenvalue weighted by atomic mass is 19.1. The van der Waals surface area contributed by atoms with Gasteiger partial charge in [-0.15, -0.1) is 0 Å². The van der Waals surface area contributed by atoms with Crippen molar-refractivity contribution in [2.45, 2.75) is 109 Å². The van der Waals surface area contributed by atoms with Crippen LogP contribution in [0.5, 0.6) is 0 Å². The first-order valence-electron chi connectivity index (χ1n) is 20.0. The molecule has 0 unspecified atom stereocenters. The Morgan fingerprint density at radius 3 is 2.23 bits per heavy atom. The number of halogens is 1. The van der Waals surface area contributed by atoms with E-state index in [0.717, 1.165) is 67.4 Å². The maximum atomic E-state index is 13.9. The van der Waals surface area contributed by atoms with Crippen LogP contribution >= 0.6 is 0 Å². The number of fused-ring (bicyclic) bond motifs is 2. The van der Waals surface area contributed by atoms with Crippen LogP contribution in [0.4, 0.5) is 14.9 Å². The summed E-state index contributed by atoms with van der Waals surface area (Å²) in [4.78, 5) is 79.6. The Hall–Kier alpha value is -5.59. The average Bonchev–Trinajstić information content (AvgIpc) is 3.66. The zero-order chi connectivity index (χ0) is 40.8. The fourth-order valence-electron chi connectivity index (χ4n) is 7.44. The van der Waals surface area contributed by atoms with E-state index in [1.165, 1.54) is 24.0 Å². The van der Waals surface area contributed by atoms with Crippen LogP contribution in [0.15, 0.2) is 72.8 Å². The molecule has 3 aromatic rings. The zero-order valence-electron chi connectivity index (χ0n) is 32.9. The minimum atomic E-state index is -1.55. The molecule has 2 atom stereocenters. The Bertz CT molecular complexity index is 1890. The number of anilines is 1. The number of nitrogens with zero attached hydrogens (tertiary/aromatic N) is 2. The molecular formula is C44H54FN5O7. The molecule has 3 N–H and O–H groups in total. The Morgan fingerprint density at radius 2 is 1.53 bits per heavy atom. The highest BCUT2D eigenvalue weighted by Gasteiger charge is 2.58. The fourth-order valence-corrected chi connectivity index (χ4v) is 7.44. The van der Waals surface area contributed by atoms with Crippen LogP contribution in [0.2, 0.25) is 0 Å². The van der Waals surface area contributed by atoms with Crippen molar-refractivity contribution in [3.8, 4) is 0 Å². The molecule has 6 amide bonds. The summed E-state index contributed by atoms with van der Waals surface area (Å²) in [5, 5.41) is 8.63. The number of rotatable bonds is 21. The van der Waals surface area contributed by atoms with Crippen LogP contribution in [0.1, 0.15) is 100 Å². The molecule has 1 aliphatic heterocycles. The molecule has 2 aliphatic rings. The number of unbranched alkanes of at least 4 members (excludes halogenated alkanes) is 7. The van der Waals surface area contributed by atoms with Gasteiger partial charge in [-0.25, -0.2) is 14.1 Å². The third-order valence-corrected chi connectivity index (χ3v) is 10.5. The molecule has 1 fully saturated rings. The maximum Gasteiger partial charge on any atom is 0.418 e. The first-order chi connectivity index (χ1) is 27.4. The van der Waals surface area contributed by atoms with Gasteiger partial charge in [0.05, 0.1) is 6.42 Å². The summed E-state index contributed by atoms with van der Waals surface area (Å²) in [6, 6.07) is 19.9. The molecule has 12 nitrogen and oxygen atoms in total. The van der Waals surface area contributed by atoms with E-state index in [-0.39, 0.29) is 37.2 Å². The van der Waals surface area contributed by atoms with Crippen molar-refractivity contribution in [1.29, 1.82) is 0 Å². The first-order valence-corrected chi connectivity index (χ1v) is 20.0. The van der Waals surface area contributed by atoms with Crippen molar-refractivity contribution in [3.05, 3.63) is 101 Å². The second-order valence-corrected chi connectivity index (χ2v) is 15.0. The van der Waals surface area contributed by atoms with Gasteiger partial charge in [-0.1, -0.05) is 87.1 Å². The summed E-state index contributed by atoms with van der Waals surface area (Å²) in [6.45, 7) is 3.49. The minimum Gasteiger partial charge on any atom is -0.427 e. The fraction of sp³-hybridized carbons (Fsp3) is 0.455. The Kier molecular flexibility index (Phi) is 15.3. The summed E-state index contributed by atoms with van der Waals surface area (Å²) in [6.07, 6.45) is 8.48. The third-order valence-electron chi connectivity index (χ3n) is 10.5.